The Morgan fingerprint density at radius 3 is 2.87 bits per heavy atom. The van der Waals surface area contributed by atoms with E-state index < -0.39 is 17.8 Å². The Labute approximate surface area is 175 Å². The summed E-state index contributed by atoms with van der Waals surface area (Å²) < 4.78 is 41.8. The first-order valence-electron chi connectivity index (χ1n) is 9.38. The third-order valence-electron chi connectivity index (χ3n) is 5.10. The van der Waals surface area contributed by atoms with E-state index in [-0.39, 0.29) is 17.7 Å². The number of alkyl halides is 2. The summed E-state index contributed by atoms with van der Waals surface area (Å²) in [6, 6.07) is 5.67. The number of aryl methyl sites for hydroxylation is 1. The topological polar surface area (TPSA) is 59.8 Å². The lowest BCUT2D eigenvalue weighted by Gasteiger charge is -2.16. The Kier molecular flexibility index (Phi) is 5.80. The van der Waals surface area contributed by atoms with Crippen LogP contribution in [-0.4, -0.2) is 26.0 Å². The summed E-state index contributed by atoms with van der Waals surface area (Å²) in [5, 5.41) is 3.62. The number of hydrogen-bond donors (Lipinski definition) is 1. The van der Waals surface area contributed by atoms with Crippen molar-refractivity contribution in [3.63, 3.8) is 0 Å². The van der Waals surface area contributed by atoms with Gasteiger partial charge in [-0.2, -0.15) is 11.8 Å². The molecule has 5 nitrogen and oxygen atoms in total. The Bertz CT molecular complexity index is 1190. The zero-order chi connectivity index (χ0) is 21.3. The first-order valence-corrected chi connectivity index (χ1v) is 10.5. The molecular weight excluding hydrogens is 413 g/mol. The van der Waals surface area contributed by atoms with Crippen LogP contribution in [0.5, 0.6) is 0 Å². The van der Waals surface area contributed by atoms with Gasteiger partial charge >= 0.3 is 0 Å². The van der Waals surface area contributed by atoms with Crippen LogP contribution in [0.1, 0.15) is 29.5 Å². The van der Waals surface area contributed by atoms with Crippen LogP contribution < -0.4 is 10.9 Å². The van der Waals surface area contributed by atoms with Gasteiger partial charge in [0.1, 0.15) is 23.6 Å². The van der Waals surface area contributed by atoms with Crippen molar-refractivity contribution in [2.75, 3.05) is 16.8 Å². The van der Waals surface area contributed by atoms with Crippen LogP contribution >= 0.6 is 11.8 Å². The van der Waals surface area contributed by atoms with Gasteiger partial charge in [0.15, 0.2) is 0 Å². The van der Waals surface area contributed by atoms with Gasteiger partial charge in [0.05, 0.1) is 10.9 Å². The molecule has 0 spiro atoms. The van der Waals surface area contributed by atoms with Crippen molar-refractivity contribution >= 4 is 34.2 Å². The number of halogens is 3. The number of aromatic nitrogens is 3. The standard InChI is InChI=1S/C21H19F3N4OS/c1-28-20-16(9-15(21(28)29)12-5-7-30-8-6-12)19(26-11-27-20)25-10-13-3-2-4-14(17(13)22)18(23)24/h2-5,9,11,18H,6-8,10H2,1H3,(H,25,26,27). The summed E-state index contributed by atoms with van der Waals surface area (Å²) in [6.45, 7) is -0.0317. The number of thioether (sulfide) groups is 1. The molecule has 1 aliphatic rings. The predicted octanol–water partition coefficient (Wildman–Crippen LogP) is 4.54. The number of benzene rings is 1. The molecule has 0 unspecified atom stereocenters. The van der Waals surface area contributed by atoms with E-state index in [1.807, 2.05) is 11.8 Å². The number of pyridine rings is 1. The smallest absolute Gasteiger partial charge is 0.266 e. The van der Waals surface area contributed by atoms with Gasteiger partial charge in [0.2, 0.25) is 0 Å². The fourth-order valence-electron chi connectivity index (χ4n) is 3.50. The Hall–Kier alpha value is -2.81. The van der Waals surface area contributed by atoms with Gasteiger partial charge in [-0.15, -0.1) is 0 Å². The maximum atomic E-state index is 14.4. The fraction of sp³-hybridized carbons (Fsp3) is 0.286. The van der Waals surface area contributed by atoms with Crippen LogP contribution in [0.4, 0.5) is 19.0 Å². The van der Waals surface area contributed by atoms with Crippen LogP contribution in [0.15, 0.2) is 41.5 Å². The van der Waals surface area contributed by atoms with Crippen molar-refractivity contribution < 1.29 is 13.2 Å². The second-order valence-electron chi connectivity index (χ2n) is 6.91. The Morgan fingerprint density at radius 2 is 2.13 bits per heavy atom. The maximum Gasteiger partial charge on any atom is 0.266 e. The molecule has 0 amide bonds. The zero-order valence-corrected chi connectivity index (χ0v) is 17.0. The number of anilines is 1. The van der Waals surface area contributed by atoms with Gasteiger partial charge in [0, 0.05) is 30.5 Å². The second kappa shape index (κ2) is 8.51. The quantitative estimate of drug-likeness (QED) is 0.642. The molecule has 4 rings (SSSR count). The van der Waals surface area contributed by atoms with E-state index in [2.05, 4.69) is 21.4 Å². The molecule has 30 heavy (non-hydrogen) atoms. The van der Waals surface area contributed by atoms with Crippen molar-refractivity contribution in [1.82, 2.24) is 14.5 Å². The number of hydrogen-bond acceptors (Lipinski definition) is 5. The van der Waals surface area contributed by atoms with Gasteiger partial charge < -0.3 is 5.32 Å². The third-order valence-corrected chi connectivity index (χ3v) is 6.00. The van der Waals surface area contributed by atoms with E-state index in [1.165, 1.54) is 23.0 Å². The SMILES string of the molecule is Cn1c(=O)c(C2=CCSCC2)cc2c(NCc3cccc(C(F)F)c3F)ncnc21. The average molecular weight is 432 g/mol. The molecule has 0 atom stereocenters. The largest absolute Gasteiger partial charge is 0.365 e. The molecule has 156 valence electrons. The minimum Gasteiger partial charge on any atom is -0.365 e. The van der Waals surface area contributed by atoms with Crippen molar-refractivity contribution in [3.05, 3.63) is 69.5 Å². The van der Waals surface area contributed by atoms with E-state index in [0.29, 0.717) is 22.4 Å². The van der Waals surface area contributed by atoms with Crippen molar-refractivity contribution in [2.24, 2.45) is 7.05 Å². The van der Waals surface area contributed by atoms with Gasteiger partial charge in [0.25, 0.3) is 12.0 Å². The monoisotopic (exact) mass is 432 g/mol. The lowest BCUT2D eigenvalue weighted by Crippen LogP contribution is -2.23. The summed E-state index contributed by atoms with van der Waals surface area (Å²) in [4.78, 5) is 21.3. The number of allylic oxidation sites excluding steroid dienone is 1. The molecule has 3 aromatic rings. The molecular formula is C21H19F3N4OS. The number of nitrogens with zero attached hydrogens (tertiary/aromatic N) is 3. The summed E-state index contributed by atoms with van der Waals surface area (Å²) in [5.74, 6) is 1.27. The molecule has 9 heteroatoms. The van der Waals surface area contributed by atoms with Crippen LogP contribution in [0.3, 0.4) is 0 Å². The second-order valence-corrected chi connectivity index (χ2v) is 8.06. The van der Waals surface area contributed by atoms with E-state index in [0.717, 1.165) is 29.6 Å². The van der Waals surface area contributed by atoms with Crippen LogP contribution in [-0.2, 0) is 13.6 Å². The molecule has 0 fully saturated rings. The van der Waals surface area contributed by atoms with Crippen molar-refractivity contribution in [3.8, 4) is 0 Å². The molecule has 0 radical (unpaired) electrons. The molecule has 0 saturated heterocycles. The highest BCUT2D eigenvalue weighted by molar-refractivity contribution is 7.99. The lowest BCUT2D eigenvalue weighted by molar-refractivity contribution is 0.146. The number of fused-ring (bicyclic) bond motifs is 1. The molecule has 1 N–H and O–H groups in total. The third kappa shape index (κ3) is 3.81. The molecule has 3 heterocycles. The van der Waals surface area contributed by atoms with Gasteiger partial charge in [-0.1, -0.05) is 24.3 Å². The minimum atomic E-state index is -2.89. The van der Waals surface area contributed by atoms with Gasteiger partial charge in [-0.05, 0) is 23.8 Å². The number of rotatable bonds is 5. The van der Waals surface area contributed by atoms with E-state index >= 15 is 0 Å². The predicted molar refractivity (Wildman–Crippen MR) is 113 cm³/mol. The van der Waals surface area contributed by atoms with Crippen LogP contribution in [0, 0.1) is 5.82 Å². The minimum absolute atomic E-state index is 0.0317. The van der Waals surface area contributed by atoms with Gasteiger partial charge in [-0.25, -0.2) is 23.1 Å². The molecule has 2 aromatic heterocycles. The van der Waals surface area contributed by atoms with Crippen LogP contribution in [0.25, 0.3) is 16.6 Å². The lowest BCUT2D eigenvalue weighted by atomic mass is 10.0. The highest BCUT2D eigenvalue weighted by atomic mass is 32.2. The zero-order valence-electron chi connectivity index (χ0n) is 16.2. The van der Waals surface area contributed by atoms with E-state index in [9.17, 15) is 18.0 Å². The molecule has 1 aliphatic heterocycles. The summed E-state index contributed by atoms with van der Waals surface area (Å²) >= 11 is 1.81. The van der Waals surface area contributed by atoms with Crippen molar-refractivity contribution in [1.29, 1.82) is 0 Å². The molecule has 1 aromatic carbocycles. The molecule has 0 aliphatic carbocycles. The maximum absolute atomic E-state index is 14.4. The normalized spacial score (nSPS) is 14.2. The Balaban J connectivity index is 1.73. The average Bonchev–Trinajstić information content (AvgIpc) is 2.76. The molecule has 0 saturated carbocycles. The Morgan fingerprint density at radius 1 is 1.30 bits per heavy atom. The summed E-state index contributed by atoms with van der Waals surface area (Å²) in [5.41, 5.74) is 1.36. The fourth-order valence-corrected chi connectivity index (χ4v) is 4.35. The highest BCUT2D eigenvalue weighted by Crippen LogP contribution is 2.28. The molecule has 0 bridgehead atoms. The first-order chi connectivity index (χ1) is 14.5. The number of nitrogens with one attached hydrogen (secondary N) is 1. The van der Waals surface area contributed by atoms with Crippen LogP contribution in [0.2, 0.25) is 0 Å². The van der Waals surface area contributed by atoms with E-state index in [4.69, 9.17) is 0 Å². The van der Waals surface area contributed by atoms with Gasteiger partial charge in [-0.3, -0.25) is 9.36 Å². The van der Waals surface area contributed by atoms with Crippen molar-refractivity contribution in [2.45, 2.75) is 19.4 Å². The summed E-state index contributed by atoms with van der Waals surface area (Å²) in [7, 11) is 1.65. The summed E-state index contributed by atoms with van der Waals surface area (Å²) in [6.07, 6.45) is 1.28. The highest BCUT2D eigenvalue weighted by Gasteiger charge is 2.18. The first kappa shape index (κ1) is 20.5. The van der Waals surface area contributed by atoms with E-state index in [1.54, 1.807) is 13.1 Å².